The molecule has 19 heavy (non-hydrogen) atoms. The molecule has 2 heterocycles. The van der Waals surface area contributed by atoms with Crippen LogP contribution in [0, 0.1) is 6.92 Å². The minimum Gasteiger partial charge on any atom is -0.493 e. The fourth-order valence-electron chi connectivity index (χ4n) is 2.32. The molecule has 1 N–H and O–H groups in total. The van der Waals surface area contributed by atoms with Crippen molar-refractivity contribution < 1.29 is 13.9 Å². The van der Waals surface area contributed by atoms with Crippen molar-refractivity contribution in [1.82, 2.24) is 5.32 Å². The molecule has 3 rings (SSSR count). The number of fused-ring (bicyclic) bond motifs is 1. The quantitative estimate of drug-likeness (QED) is 0.900. The highest BCUT2D eigenvalue weighted by Gasteiger charge is 2.24. The molecule has 1 aromatic heterocycles. The standard InChI is InChI=1S/C15H15NO3/c1-10-6-8-19-14(10)15(17)16-12-7-9-18-13-5-3-2-4-11(12)13/h2-6,8,12H,7,9H2,1H3,(H,16,17). The van der Waals surface area contributed by atoms with Gasteiger partial charge in [-0.25, -0.2) is 0 Å². The molecule has 2 aromatic rings. The smallest absolute Gasteiger partial charge is 0.287 e. The van der Waals surface area contributed by atoms with Crippen molar-refractivity contribution in [2.75, 3.05) is 6.61 Å². The summed E-state index contributed by atoms with van der Waals surface area (Å²) in [6.45, 7) is 2.47. The number of furan rings is 1. The molecule has 0 spiro atoms. The first kappa shape index (κ1) is 11.8. The number of ether oxygens (including phenoxy) is 1. The first-order valence-electron chi connectivity index (χ1n) is 6.32. The van der Waals surface area contributed by atoms with Gasteiger partial charge in [-0.1, -0.05) is 18.2 Å². The highest BCUT2D eigenvalue weighted by atomic mass is 16.5. The van der Waals surface area contributed by atoms with E-state index in [1.807, 2.05) is 31.2 Å². The van der Waals surface area contributed by atoms with Crippen molar-refractivity contribution in [1.29, 1.82) is 0 Å². The molecule has 1 unspecified atom stereocenters. The maximum absolute atomic E-state index is 12.2. The van der Waals surface area contributed by atoms with Crippen molar-refractivity contribution in [3.8, 4) is 5.75 Å². The molecule has 1 aliphatic heterocycles. The molecule has 0 fully saturated rings. The first-order valence-corrected chi connectivity index (χ1v) is 6.32. The van der Waals surface area contributed by atoms with Crippen LogP contribution in [-0.2, 0) is 0 Å². The van der Waals surface area contributed by atoms with E-state index in [1.54, 1.807) is 6.07 Å². The Hall–Kier alpha value is -2.23. The lowest BCUT2D eigenvalue weighted by molar-refractivity contribution is 0.0896. The van der Waals surface area contributed by atoms with Gasteiger partial charge in [-0.2, -0.15) is 0 Å². The summed E-state index contributed by atoms with van der Waals surface area (Å²) in [5, 5.41) is 3.01. The van der Waals surface area contributed by atoms with Crippen molar-refractivity contribution in [2.24, 2.45) is 0 Å². The van der Waals surface area contributed by atoms with E-state index in [0.717, 1.165) is 23.3 Å². The van der Waals surface area contributed by atoms with Crippen molar-refractivity contribution in [3.63, 3.8) is 0 Å². The molecular formula is C15H15NO3. The van der Waals surface area contributed by atoms with E-state index in [9.17, 15) is 4.79 Å². The summed E-state index contributed by atoms with van der Waals surface area (Å²) in [6, 6.07) is 9.54. The average Bonchev–Trinajstić information content (AvgIpc) is 2.85. The van der Waals surface area contributed by atoms with Crippen LogP contribution in [-0.4, -0.2) is 12.5 Å². The fourth-order valence-corrected chi connectivity index (χ4v) is 2.32. The molecule has 98 valence electrons. The molecule has 1 amide bonds. The lowest BCUT2D eigenvalue weighted by Crippen LogP contribution is -2.32. The Morgan fingerprint density at radius 1 is 1.32 bits per heavy atom. The number of carbonyl (C=O) groups is 1. The highest BCUT2D eigenvalue weighted by Crippen LogP contribution is 2.31. The maximum atomic E-state index is 12.2. The van der Waals surface area contributed by atoms with Gasteiger partial charge >= 0.3 is 0 Å². The molecule has 1 atom stereocenters. The van der Waals surface area contributed by atoms with E-state index < -0.39 is 0 Å². The second-order valence-electron chi connectivity index (χ2n) is 4.63. The number of nitrogens with one attached hydrogen (secondary N) is 1. The third-order valence-electron chi connectivity index (χ3n) is 3.33. The van der Waals surface area contributed by atoms with E-state index in [-0.39, 0.29) is 11.9 Å². The normalized spacial score (nSPS) is 17.4. The SMILES string of the molecule is Cc1ccoc1C(=O)NC1CCOc2ccccc21. The van der Waals surface area contributed by atoms with Crippen LogP contribution in [0.1, 0.15) is 34.1 Å². The summed E-state index contributed by atoms with van der Waals surface area (Å²) in [4.78, 5) is 12.2. The molecule has 0 saturated heterocycles. The topological polar surface area (TPSA) is 51.5 Å². The van der Waals surface area contributed by atoms with Gasteiger partial charge in [0.2, 0.25) is 0 Å². The molecule has 0 saturated carbocycles. The maximum Gasteiger partial charge on any atom is 0.287 e. The van der Waals surface area contributed by atoms with Gasteiger partial charge in [0.1, 0.15) is 5.75 Å². The molecule has 1 aliphatic rings. The Balaban J connectivity index is 1.82. The number of para-hydroxylation sites is 1. The lowest BCUT2D eigenvalue weighted by atomic mass is 10.0. The Bertz CT molecular complexity index is 603. The number of rotatable bonds is 2. The third kappa shape index (κ3) is 2.21. The summed E-state index contributed by atoms with van der Waals surface area (Å²) in [5.74, 6) is 1.04. The van der Waals surface area contributed by atoms with Crippen LogP contribution in [0.5, 0.6) is 5.75 Å². The monoisotopic (exact) mass is 257 g/mol. The van der Waals surface area contributed by atoms with Crippen molar-refractivity contribution in [2.45, 2.75) is 19.4 Å². The third-order valence-corrected chi connectivity index (χ3v) is 3.33. The second-order valence-corrected chi connectivity index (χ2v) is 4.63. The van der Waals surface area contributed by atoms with Gasteiger partial charge in [-0.3, -0.25) is 4.79 Å². The predicted molar refractivity (Wildman–Crippen MR) is 70.2 cm³/mol. The second kappa shape index (κ2) is 4.80. The van der Waals surface area contributed by atoms with Crippen LogP contribution < -0.4 is 10.1 Å². The van der Waals surface area contributed by atoms with Gasteiger partial charge in [0.05, 0.1) is 18.9 Å². The van der Waals surface area contributed by atoms with Gasteiger partial charge in [0.25, 0.3) is 5.91 Å². The van der Waals surface area contributed by atoms with Gasteiger partial charge in [0, 0.05) is 17.5 Å². The van der Waals surface area contributed by atoms with Crippen LogP contribution in [0.2, 0.25) is 0 Å². The number of aryl methyl sites for hydroxylation is 1. The average molecular weight is 257 g/mol. The fraction of sp³-hybridized carbons (Fsp3) is 0.267. The lowest BCUT2D eigenvalue weighted by Gasteiger charge is -2.26. The number of carbonyl (C=O) groups excluding carboxylic acids is 1. The first-order chi connectivity index (χ1) is 9.25. The minimum absolute atomic E-state index is 0.0260. The molecular weight excluding hydrogens is 242 g/mol. The molecule has 0 radical (unpaired) electrons. The van der Waals surface area contributed by atoms with E-state index in [4.69, 9.17) is 9.15 Å². The highest BCUT2D eigenvalue weighted by molar-refractivity contribution is 5.93. The van der Waals surface area contributed by atoms with Crippen LogP contribution in [0.4, 0.5) is 0 Å². The molecule has 1 aromatic carbocycles. The Labute approximate surface area is 111 Å². The number of amides is 1. The van der Waals surface area contributed by atoms with Crippen LogP contribution in [0.3, 0.4) is 0 Å². The summed E-state index contributed by atoms with van der Waals surface area (Å²) >= 11 is 0. The van der Waals surface area contributed by atoms with E-state index in [1.165, 1.54) is 6.26 Å². The molecule has 0 aliphatic carbocycles. The largest absolute Gasteiger partial charge is 0.493 e. The van der Waals surface area contributed by atoms with Gasteiger partial charge in [-0.15, -0.1) is 0 Å². The Kier molecular flexibility index (Phi) is 2.99. The number of hydrogen-bond donors (Lipinski definition) is 1. The van der Waals surface area contributed by atoms with E-state index in [2.05, 4.69) is 5.32 Å². The molecule has 4 nitrogen and oxygen atoms in total. The van der Waals surface area contributed by atoms with E-state index >= 15 is 0 Å². The van der Waals surface area contributed by atoms with Crippen molar-refractivity contribution >= 4 is 5.91 Å². The predicted octanol–water partition coefficient (Wildman–Crippen LogP) is 2.84. The zero-order valence-electron chi connectivity index (χ0n) is 10.7. The van der Waals surface area contributed by atoms with Gasteiger partial charge in [0.15, 0.2) is 5.76 Å². The van der Waals surface area contributed by atoms with Crippen LogP contribution in [0.15, 0.2) is 41.0 Å². The van der Waals surface area contributed by atoms with Gasteiger partial charge in [-0.05, 0) is 19.1 Å². The van der Waals surface area contributed by atoms with Crippen LogP contribution >= 0.6 is 0 Å². The minimum atomic E-state index is -0.177. The summed E-state index contributed by atoms with van der Waals surface area (Å²) in [5.41, 5.74) is 1.86. The number of hydrogen-bond acceptors (Lipinski definition) is 3. The van der Waals surface area contributed by atoms with Gasteiger partial charge < -0.3 is 14.5 Å². The molecule has 0 bridgehead atoms. The molecule has 4 heteroatoms. The zero-order chi connectivity index (χ0) is 13.2. The van der Waals surface area contributed by atoms with Crippen LogP contribution in [0.25, 0.3) is 0 Å². The van der Waals surface area contributed by atoms with Crippen molar-refractivity contribution in [3.05, 3.63) is 53.5 Å². The Morgan fingerprint density at radius 2 is 2.16 bits per heavy atom. The Morgan fingerprint density at radius 3 is 2.95 bits per heavy atom. The van der Waals surface area contributed by atoms with E-state index in [0.29, 0.717) is 12.4 Å². The summed E-state index contributed by atoms with van der Waals surface area (Å²) < 4.78 is 10.8. The zero-order valence-corrected chi connectivity index (χ0v) is 10.7. The summed E-state index contributed by atoms with van der Waals surface area (Å²) in [6.07, 6.45) is 2.30. The number of benzene rings is 1. The summed E-state index contributed by atoms with van der Waals surface area (Å²) in [7, 11) is 0.